The summed E-state index contributed by atoms with van der Waals surface area (Å²) >= 11 is 6.20. The van der Waals surface area contributed by atoms with E-state index in [1.807, 2.05) is 25.1 Å². The number of rotatable bonds is 8. The first-order chi connectivity index (χ1) is 17.0. The Labute approximate surface area is 209 Å². The molecule has 35 heavy (non-hydrogen) atoms. The van der Waals surface area contributed by atoms with Gasteiger partial charge in [0, 0.05) is 42.1 Å². The lowest BCUT2D eigenvalue weighted by atomic mass is 9.86. The molecule has 5 rings (SSSR count). The van der Waals surface area contributed by atoms with Crippen LogP contribution in [0, 0.1) is 5.92 Å². The number of amides is 1. The minimum Gasteiger partial charge on any atom is -0.377 e. The molecule has 2 fully saturated rings. The topological polar surface area (TPSA) is 114 Å². The van der Waals surface area contributed by atoms with E-state index in [0.717, 1.165) is 54.5 Å². The van der Waals surface area contributed by atoms with Crippen molar-refractivity contribution in [2.45, 2.75) is 50.6 Å². The van der Waals surface area contributed by atoms with Crippen LogP contribution >= 0.6 is 11.6 Å². The molecule has 2 aliphatic rings. The highest BCUT2D eigenvalue weighted by molar-refractivity contribution is 6.33. The van der Waals surface area contributed by atoms with Crippen molar-refractivity contribution in [2.24, 2.45) is 5.92 Å². The Hall–Kier alpha value is -3.04. The average molecular weight is 496 g/mol. The highest BCUT2D eigenvalue weighted by atomic mass is 35.5. The van der Waals surface area contributed by atoms with Gasteiger partial charge in [0.05, 0.1) is 25.2 Å². The van der Waals surface area contributed by atoms with Gasteiger partial charge in [-0.1, -0.05) is 11.6 Å². The first kappa shape index (κ1) is 23.7. The quantitative estimate of drug-likeness (QED) is 0.404. The molecule has 9 nitrogen and oxygen atoms in total. The predicted octanol–water partition coefficient (Wildman–Crippen LogP) is 3.77. The number of aromatic nitrogens is 4. The summed E-state index contributed by atoms with van der Waals surface area (Å²) in [5, 5.41) is 11.3. The van der Waals surface area contributed by atoms with Crippen molar-refractivity contribution in [3.05, 3.63) is 47.5 Å². The molecule has 1 saturated carbocycles. The second kappa shape index (κ2) is 10.7. The number of halogens is 1. The van der Waals surface area contributed by atoms with Crippen molar-refractivity contribution in [3.8, 4) is 0 Å². The molecule has 3 aromatic heterocycles. The van der Waals surface area contributed by atoms with Gasteiger partial charge in [-0.2, -0.15) is 0 Å². The zero-order chi connectivity index (χ0) is 24.2. The van der Waals surface area contributed by atoms with Crippen LogP contribution in [0.4, 0.5) is 11.8 Å². The van der Waals surface area contributed by atoms with E-state index in [4.69, 9.17) is 16.3 Å². The maximum absolute atomic E-state index is 12.3. The summed E-state index contributed by atoms with van der Waals surface area (Å²) in [7, 11) is 0. The Morgan fingerprint density at radius 1 is 1.09 bits per heavy atom. The van der Waals surface area contributed by atoms with Crippen molar-refractivity contribution in [1.82, 2.24) is 25.3 Å². The van der Waals surface area contributed by atoms with Crippen molar-refractivity contribution < 1.29 is 9.53 Å². The molecular formula is C25H30ClN7O2. The molecule has 4 heterocycles. The molecule has 0 aromatic carbocycles. The number of anilines is 2. The lowest BCUT2D eigenvalue weighted by Crippen LogP contribution is -2.49. The zero-order valence-electron chi connectivity index (χ0n) is 19.7. The highest BCUT2D eigenvalue weighted by Crippen LogP contribution is 2.28. The van der Waals surface area contributed by atoms with Crippen LogP contribution in [-0.2, 0) is 9.53 Å². The second-order valence-electron chi connectivity index (χ2n) is 9.42. The third kappa shape index (κ3) is 5.79. The third-order valence-corrected chi connectivity index (χ3v) is 7.14. The van der Waals surface area contributed by atoms with E-state index in [-0.39, 0.29) is 17.9 Å². The Bertz CT molecular complexity index is 1160. The molecule has 3 aromatic rings. The van der Waals surface area contributed by atoms with E-state index >= 15 is 0 Å². The van der Waals surface area contributed by atoms with E-state index in [9.17, 15) is 4.79 Å². The SMILES string of the molecule is C[C@@H](C(=O)NC1COC1)c1cnc(NCC2CCC(Nc3ccc4ccnc(Cl)c4n3)CC2)nc1. The molecule has 0 bridgehead atoms. The van der Waals surface area contributed by atoms with Gasteiger partial charge in [-0.05, 0) is 56.7 Å². The number of carbonyl (C=O) groups excluding carboxylic acids is 1. The maximum atomic E-state index is 12.3. The first-order valence-corrected chi connectivity index (χ1v) is 12.5. The predicted molar refractivity (Wildman–Crippen MR) is 136 cm³/mol. The van der Waals surface area contributed by atoms with Gasteiger partial charge in [-0.25, -0.2) is 19.9 Å². The minimum atomic E-state index is -0.295. The number of ether oxygens (including phenoxy) is 1. The molecule has 0 radical (unpaired) electrons. The number of hydrogen-bond acceptors (Lipinski definition) is 8. The maximum Gasteiger partial charge on any atom is 0.227 e. The summed E-state index contributed by atoms with van der Waals surface area (Å²) in [5.74, 6) is 1.68. The average Bonchev–Trinajstić information content (AvgIpc) is 2.86. The van der Waals surface area contributed by atoms with E-state index in [1.54, 1.807) is 18.6 Å². The molecule has 0 spiro atoms. The largest absolute Gasteiger partial charge is 0.377 e. The summed E-state index contributed by atoms with van der Waals surface area (Å²) in [5.41, 5.74) is 1.53. The highest BCUT2D eigenvalue weighted by Gasteiger charge is 2.25. The van der Waals surface area contributed by atoms with Gasteiger partial charge < -0.3 is 20.7 Å². The smallest absolute Gasteiger partial charge is 0.227 e. The normalized spacial score (nSPS) is 21.2. The molecule has 1 saturated heterocycles. The summed E-state index contributed by atoms with van der Waals surface area (Å²) in [6, 6.07) is 6.45. The molecule has 1 atom stereocenters. The van der Waals surface area contributed by atoms with Crippen LogP contribution in [-0.4, -0.2) is 57.7 Å². The van der Waals surface area contributed by atoms with E-state index < -0.39 is 0 Å². The molecule has 1 amide bonds. The summed E-state index contributed by atoms with van der Waals surface area (Å²) in [6.07, 6.45) is 9.53. The Kier molecular flexibility index (Phi) is 7.24. The number of nitrogens with zero attached hydrogens (tertiary/aromatic N) is 4. The number of nitrogens with one attached hydrogen (secondary N) is 3. The summed E-state index contributed by atoms with van der Waals surface area (Å²) in [4.78, 5) is 29.9. The first-order valence-electron chi connectivity index (χ1n) is 12.2. The monoisotopic (exact) mass is 495 g/mol. The van der Waals surface area contributed by atoms with Crippen LogP contribution in [0.1, 0.15) is 44.1 Å². The van der Waals surface area contributed by atoms with Crippen molar-refractivity contribution in [2.75, 3.05) is 30.4 Å². The van der Waals surface area contributed by atoms with Crippen LogP contribution in [0.5, 0.6) is 0 Å². The minimum absolute atomic E-state index is 0.0216. The molecule has 184 valence electrons. The lowest BCUT2D eigenvalue weighted by Gasteiger charge is -2.29. The Balaban J connectivity index is 1.06. The third-order valence-electron chi connectivity index (χ3n) is 6.86. The summed E-state index contributed by atoms with van der Waals surface area (Å²) in [6.45, 7) is 3.87. The zero-order valence-corrected chi connectivity index (χ0v) is 20.5. The molecule has 1 aliphatic heterocycles. The molecule has 0 unspecified atom stereocenters. The second-order valence-corrected chi connectivity index (χ2v) is 9.78. The lowest BCUT2D eigenvalue weighted by molar-refractivity contribution is -0.126. The molecule has 10 heteroatoms. The fourth-order valence-electron chi connectivity index (χ4n) is 4.50. The standard InChI is InChI=1S/C25H30ClN7O2/c1-15(24(34)32-20-13-35-14-20)18-11-29-25(30-12-18)28-10-16-2-5-19(6-3-16)31-21-7-4-17-8-9-27-23(26)22(17)33-21/h4,7-9,11-12,15-16,19-20H,2-3,5-6,10,13-14H2,1H3,(H,31,33)(H,32,34)(H,28,29,30)/t15-,16?,19?/m1/s1. The van der Waals surface area contributed by atoms with Gasteiger partial charge in [0.1, 0.15) is 11.3 Å². The fourth-order valence-corrected chi connectivity index (χ4v) is 4.71. The van der Waals surface area contributed by atoms with Crippen molar-refractivity contribution in [1.29, 1.82) is 0 Å². The van der Waals surface area contributed by atoms with Crippen molar-refractivity contribution >= 4 is 40.2 Å². The van der Waals surface area contributed by atoms with Crippen LogP contribution in [0.3, 0.4) is 0 Å². The fraction of sp³-hybridized carbons (Fsp3) is 0.480. The van der Waals surface area contributed by atoms with Crippen LogP contribution in [0.25, 0.3) is 10.9 Å². The van der Waals surface area contributed by atoms with E-state index in [2.05, 4.69) is 35.9 Å². The van der Waals surface area contributed by atoms with Gasteiger partial charge >= 0.3 is 0 Å². The Morgan fingerprint density at radius 2 is 1.86 bits per heavy atom. The number of pyridine rings is 2. The summed E-state index contributed by atoms with van der Waals surface area (Å²) < 4.78 is 5.10. The number of carbonyl (C=O) groups is 1. The number of fused-ring (bicyclic) bond motifs is 1. The van der Waals surface area contributed by atoms with E-state index in [1.165, 1.54) is 0 Å². The van der Waals surface area contributed by atoms with Gasteiger partial charge in [0.2, 0.25) is 11.9 Å². The Morgan fingerprint density at radius 3 is 2.57 bits per heavy atom. The van der Waals surface area contributed by atoms with Crippen LogP contribution in [0.15, 0.2) is 36.8 Å². The van der Waals surface area contributed by atoms with E-state index in [0.29, 0.717) is 36.3 Å². The van der Waals surface area contributed by atoms with Crippen molar-refractivity contribution in [3.63, 3.8) is 0 Å². The van der Waals surface area contributed by atoms with Gasteiger partial charge in [0.25, 0.3) is 0 Å². The van der Waals surface area contributed by atoms with Gasteiger partial charge in [0.15, 0.2) is 5.15 Å². The molecule has 3 N–H and O–H groups in total. The van der Waals surface area contributed by atoms with Crippen LogP contribution in [0.2, 0.25) is 5.15 Å². The molecular weight excluding hydrogens is 466 g/mol. The van der Waals surface area contributed by atoms with Gasteiger partial charge in [-0.3, -0.25) is 4.79 Å². The van der Waals surface area contributed by atoms with Gasteiger partial charge in [-0.15, -0.1) is 0 Å². The number of hydrogen-bond donors (Lipinski definition) is 3. The molecule has 1 aliphatic carbocycles. The van der Waals surface area contributed by atoms with Crippen LogP contribution < -0.4 is 16.0 Å².